The van der Waals surface area contributed by atoms with Crippen molar-refractivity contribution in [2.75, 3.05) is 13.1 Å². The molecular formula is C15H25F2N3. The van der Waals surface area contributed by atoms with Crippen molar-refractivity contribution in [2.45, 2.75) is 45.7 Å². The largest absolute Gasteiger partial charge is 0.297 e. The van der Waals surface area contributed by atoms with Gasteiger partial charge < -0.3 is 0 Å². The summed E-state index contributed by atoms with van der Waals surface area (Å²) < 4.78 is 27.6. The second kappa shape index (κ2) is 7.11. The lowest BCUT2D eigenvalue weighted by Gasteiger charge is -2.45. The molecule has 0 bridgehead atoms. The first-order valence-electron chi connectivity index (χ1n) is 7.11. The predicted molar refractivity (Wildman–Crippen MR) is 78.0 cm³/mol. The Bertz CT molecular complexity index is 435. The number of hydrogen-bond donors (Lipinski definition) is 2. The standard InChI is InChI=1S/C15H25F2N3/c1-5-15(4,20(6-2)7-3)14(19-18)11-9-8-10-12(16)13(11)17/h8-10,14,19H,5-7,18H2,1-4H3. The molecule has 0 aliphatic rings. The van der Waals surface area contributed by atoms with Crippen molar-refractivity contribution in [1.29, 1.82) is 0 Å². The number of nitrogens with zero attached hydrogens (tertiary/aromatic N) is 1. The quantitative estimate of drug-likeness (QED) is 0.598. The van der Waals surface area contributed by atoms with Crippen LogP contribution in [0.3, 0.4) is 0 Å². The highest BCUT2D eigenvalue weighted by molar-refractivity contribution is 5.26. The van der Waals surface area contributed by atoms with Crippen LogP contribution < -0.4 is 11.3 Å². The van der Waals surface area contributed by atoms with Gasteiger partial charge >= 0.3 is 0 Å². The number of nitrogens with two attached hydrogens (primary N) is 1. The molecule has 0 heterocycles. The van der Waals surface area contributed by atoms with E-state index in [1.807, 2.05) is 27.7 Å². The third kappa shape index (κ3) is 3.00. The van der Waals surface area contributed by atoms with Gasteiger partial charge in [0.2, 0.25) is 0 Å². The Morgan fingerprint density at radius 3 is 2.30 bits per heavy atom. The van der Waals surface area contributed by atoms with Crippen molar-refractivity contribution in [1.82, 2.24) is 10.3 Å². The number of hydrazine groups is 1. The second-order valence-corrected chi connectivity index (χ2v) is 5.13. The van der Waals surface area contributed by atoms with Gasteiger partial charge in [-0.05, 0) is 32.5 Å². The van der Waals surface area contributed by atoms with Crippen molar-refractivity contribution < 1.29 is 8.78 Å². The SMILES string of the molecule is CCN(CC)C(C)(CC)C(NN)c1cccc(F)c1F. The van der Waals surface area contributed by atoms with Crippen LogP contribution in [0.5, 0.6) is 0 Å². The van der Waals surface area contributed by atoms with Crippen molar-refractivity contribution in [3.8, 4) is 0 Å². The summed E-state index contributed by atoms with van der Waals surface area (Å²) in [4.78, 5) is 2.21. The van der Waals surface area contributed by atoms with Gasteiger partial charge in [0, 0.05) is 11.1 Å². The van der Waals surface area contributed by atoms with E-state index < -0.39 is 23.2 Å². The zero-order chi connectivity index (χ0) is 15.3. The fourth-order valence-corrected chi connectivity index (χ4v) is 2.90. The van der Waals surface area contributed by atoms with Crippen molar-refractivity contribution in [2.24, 2.45) is 5.84 Å². The van der Waals surface area contributed by atoms with E-state index in [1.54, 1.807) is 6.07 Å². The predicted octanol–water partition coefficient (Wildman–Crippen LogP) is 2.98. The molecule has 0 saturated heterocycles. The molecule has 0 aliphatic carbocycles. The van der Waals surface area contributed by atoms with Crippen molar-refractivity contribution in [3.63, 3.8) is 0 Å². The smallest absolute Gasteiger partial charge is 0.163 e. The summed E-state index contributed by atoms with van der Waals surface area (Å²) >= 11 is 0. The Balaban J connectivity index is 3.31. The fraction of sp³-hybridized carbons (Fsp3) is 0.600. The van der Waals surface area contributed by atoms with Gasteiger partial charge in [-0.25, -0.2) is 8.78 Å². The summed E-state index contributed by atoms with van der Waals surface area (Å²) in [7, 11) is 0. The molecule has 0 amide bonds. The second-order valence-electron chi connectivity index (χ2n) is 5.13. The molecule has 0 fully saturated rings. The Morgan fingerprint density at radius 2 is 1.85 bits per heavy atom. The Labute approximate surface area is 120 Å². The minimum absolute atomic E-state index is 0.267. The van der Waals surface area contributed by atoms with Crippen LogP contribution in [0.15, 0.2) is 18.2 Å². The van der Waals surface area contributed by atoms with E-state index in [0.717, 1.165) is 25.6 Å². The molecule has 114 valence electrons. The van der Waals surface area contributed by atoms with E-state index in [9.17, 15) is 8.78 Å². The van der Waals surface area contributed by atoms with Crippen LogP contribution in [-0.2, 0) is 0 Å². The molecule has 0 saturated carbocycles. The van der Waals surface area contributed by atoms with E-state index in [0.29, 0.717) is 0 Å². The molecule has 0 aromatic heterocycles. The first kappa shape index (κ1) is 17.0. The molecule has 20 heavy (non-hydrogen) atoms. The molecule has 1 aromatic carbocycles. The highest BCUT2D eigenvalue weighted by atomic mass is 19.2. The highest BCUT2D eigenvalue weighted by Crippen LogP contribution is 2.35. The lowest BCUT2D eigenvalue weighted by Crippen LogP contribution is -2.56. The van der Waals surface area contributed by atoms with Crippen LogP contribution in [0.25, 0.3) is 0 Å². The average molecular weight is 285 g/mol. The Morgan fingerprint density at radius 1 is 1.25 bits per heavy atom. The highest BCUT2D eigenvalue weighted by Gasteiger charge is 2.39. The minimum atomic E-state index is -0.847. The maximum absolute atomic E-state index is 14.1. The van der Waals surface area contributed by atoms with E-state index in [1.165, 1.54) is 6.07 Å². The van der Waals surface area contributed by atoms with Crippen molar-refractivity contribution >= 4 is 0 Å². The number of nitrogens with one attached hydrogen (secondary N) is 1. The maximum Gasteiger partial charge on any atom is 0.163 e. The first-order valence-corrected chi connectivity index (χ1v) is 7.11. The molecule has 0 spiro atoms. The van der Waals surface area contributed by atoms with Crippen LogP contribution in [-0.4, -0.2) is 23.5 Å². The number of likely N-dealkylation sites (N-methyl/N-ethyl adjacent to an activating group) is 1. The van der Waals surface area contributed by atoms with Gasteiger partial charge in [0.05, 0.1) is 6.04 Å². The summed E-state index contributed by atoms with van der Waals surface area (Å²) in [6, 6.07) is 3.73. The maximum atomic E-state index is 14.1. The van der Waals surface area contributed by atoms with Crippen molar-refractivity contribution in [3.05, 3.63) is 35.4 Å². The topological polar surface area (TPSA) is 41.3 Å². The minimum Gasteiger partial charge on any atom is -0.297 e. The number of rotatable bonds is 7. The summed E-state index contributed by atoms with van der Waals surface area (Å²) in [5, 5.41) is 0. The molecule has 0 aliphatic heterocycles. The van der Waals surface area contributed by atoms with E-state index in [4.69, 9.17) is 5.84 Å². The molecule has 1 aromatic rings. The third-order valence-corrected chi connectivity index (χ3v) is 4.28. The monoisotopic (exact) mass is 285 g/mol. The van der Waals surface area contributed by atoms with Gasteiger partial charge in [-0.1, -0.05) is 32.9 Å². The number of hydrogen-bond acceptors (Lipinski definition) is 3. The first-order chi connectivity index (χ1) is 9.46. The molecule has 5 heteroatoms. The summed E-state index contributed by atoms with van der Waals surface area (Å²) in [5.74, 6) is 3.99. The zero-order valence-corrected chi connectivity index (χ0v) is 12.7. The molecular weight excluding hydrogens is 260 g/mol. The van der Waals surface area contributed by atoms with Gasteiger partial charge in [0.25, 0.3) is 0 Å². The lowest BCUT2D eigenvalue weighted by atomic mass is 9.83. The molecule has 1 rings (SSSR count). The Hall–Kier alpha value is -1.04. The van der Waals surface area contributed by atoms with E-state index in [-0.39, 0.29) is 5.56 Å². The van der Waals surface area contributed by atoms with E-state index in [2.05, 4.69) is 10.3 Å². The van der Waals surface area contributed by atoms with Crippen LogP contribution in [0.1, 0.15) is 45.7 Å². The third-order valence-electron chi connectivity index (χ3n) is 4.28. The normalized spacial score (nSPS) is 16.2. The lowest BCUT2D eigenvalue weighted by molar-refractivity contribution is 0.0682. The van der Waals surface area contributed by atoms with Gasteiger partial charge in [-0.3, -0.25) is 16.2 Å². The number of halogens is 2. The molecule has 3 N–H and O–H groups in total. The summed E-state index contributed by atoms with van der Waals surface area (Å²) in [5.41, 5.74) is 2.55. The Kier molecular flexibility index (Phi) is 6.05. The zero-order valence-electron chi connectivity index (χ0n) is 12.7. The molecule has 0 radical (unpaired) electrons. The van der Waals surface area contributed by atoms with E-state index >= 15 is 0 Å². The summed E-state index contributed by atoms with van der Waals surface area (Å²) in [6.45, 7) is 9.78. The fourth-order valence-electron chi connectivity index (χ4n) is 2.90. The average Bonchev–Trinajstić information content (AvgIpc) is 2.45. The molecule has 2 atom stereocenters. The van der Waals surface area contributed by atoms with Crippen LogP contribution in [0.4, 0.5) is 8.78 Å². The van der Waals surface area contributed by atoms with Gasteiger partial charge in [-0.2, -0.15) is 0 Å². The van der Waals surface area contributed by atoms with Gasteiger partial charge in [-0.15, -0.1) is 0 Å². The van der Waals surface area contributed by atoms with Gasteiger partial charge in [0.15, 0.2) is 11.6 Å². The van der Waals surface area contributed by atoms with Crippen LogP contribution in [0.2, 0.25) is 0 Å². The molecule has 3 nitrogen and oxygen atoms in total. The number of benzene rings is 1. The molecule has 2 unspecified atom stereocenters. The van der Waals surface area contributed by atoms with Crippen LogP contribution in [0, 0.1) is 11.6 Å². The summed E-state index contributed by atoms with van der Waals surface area (Å²) in [6.07, 6.45) is 0.763. The van der Waals surface area contributed by atoms with Crippen LogP contribution >= 0.6 is 0 Å². The van der Waals surface area contributed by atoms with Gasteiger partial charge in [0.1, 0.15) is 0 Å².